The molecule has 3 heteroatoms. The highest BCUT2D eigenvalue weighted by Gasteiger charge is 2.27. The average molecular weight is 187 g/mol. The lowest BCUT2D eigenvalue weighted by Crippen LogP contribution is -2.44. The standard InChI is InChI=1S/C10H21NO2/c1-7(2)13-6-8(12)9(11)10(3,4)5/h7,9H,6,11H2,1-5H3. The Balaban J connectivity index is 3.98. The van der Waals surface area contributed by atoms with Crippen LogP contribution < -0.4 is 5.73 Å². The Morgan fingerprint density at radius 2 is 1.85 bits per heavy atom. The van der Waals surface area contributed by atoms with Crippen LogP contribution in [0.25, 0.3) is 0 Å². The predicted octanol–water partition coefficient (Wildman–Crippen LogP) is 1.35. The Morgan fingerprint density at radius 3 is 2.15 bits per heavy atom. The molecule has 0 aromatic heterocycles. The van der Waals surface area contributed by atoms with Gasteiger partial charge < -0.3 is 10.5 Å². The number of ketones is 1. The third-order valence-electron chi connectivity index (χ3n) is 1.84. The molecule has 0 spiro atoms. The van der Waals surface area contributed by atoms with E-state index in [1.165, 1.54) is 0 Å². The maximum Gasteiger partial charge on any atom is 0.175 e. The van der Waals surface area contributed by atoms with Gasteiger partial charge in [0.15, 0.2) is 5.78 Å². The molecule has 0 radical (unpaired) electrons. The van der Waals surface area contributed by atoms with Crippen molar-refractivity contribution in [3.63, 3.8) is 0 Å². The van der Waals surface area contributed by atoms with Crippen LogP contribution in [0.2, 0.25) is 0 Å². The van der Waals surface area contributed by atoms with Gasteiger partial charge in [-0.25, -0.2) is 0 Å². The van der Waals surface area contributed by atoms with Gasteiger partial charge in [-0.2, -0.15) is 0 Å². The topological polar surface area (TPSA) is 52.3 Å². The van der Waals surface area contributed by atoms with Gasteiger partial charge in [-0.15, -0.1) is 0 Å². The van der Waals surface area contributed by atoms with Crippen LogP contribution in [-0.2, 0) is 9.53 Å². The molecule has 0 aliphatic heterocycles. The van der Waals surface area contributed by atoms with Gasteiger partial charge in [-0.1, -0.05) is 20.8 Å². The van der Waals surface area contributed by atoms with Gasteiger partial charge in [0.25, 0.3) is 0 Å². The molecule has 0 amide bonds. The minimum Gasteiger partial charge on any atom is -0.371 e. The predicted molar refractivity (Wildman–Crippen MR) is 53.5 cm³/mol. The molecular weight excluding hydrogens is 166 g/mol. The monoisotopic (exact) mass is 187 g/mol. The highest BCUT2D eigenvalue weighted by molar-refractivity contribution is 5.85. The second-order valence-corrected chi connectivity index (χ2v) is 4.67. The summed E-state index contributed by atoms with van der Waals surface area (Å²) in [4.78, 5) is 11.4. The number of nitrogens with two attached hydrogens (primary N) is 1. The minimum atomic E-state index is -0.439. The lowest BCUT2D eigenvalue weighted by Gasteiger charge is -2.25. The third kappa shape index (κ3) is 5.01. The van der Waals surface area contributed by atoms with Gasteiger partial charge in [0.1, 0.15) is 6.61 Å². The number of ether oxygens (including phenoxy) is 1. The van der Waals surface area contributed by atoms with Crippen molar-refractivity contribution in [1.82, 2.24) is 0 Å². The van der Waals surface area contributed by atoms with Crippen molar-refractivity contribution in [3.05, 3.63) is 0 Å². The van der Waals surface area contributed by atoms with Crippen LogP contribution in [0.5, 0.6) is 0 Å². The smallest absolute Gasteiger partial charge is 0.175 e. The normalized spacial score (nSPS) is 14.7. The summed E-state index contributed by atoms with van der Waals surface area (Å²) >= 11 is 0. The van der Waals surface area contributed by atoms with Crippen molar-refractivity contribution < 1.29 is 9.53 Å². The van der Waals surface area contributed by atoms with Crippen LogP contribution >= 0.6 is 0 Å². The van der Waals surface area contributed by atoms with Crippen molar-refractivity contribution in [2.45, 2.75) is 46.8 Å². The first kappa shape index (κ1) is 12.6. The number of carbonyl (C=O) groups is 1. The van der Waals surface area contributed by atoms with Crippen molar-refractivity contribution in [2.75, 3.05) is 6.61 Å². The average Bonchev–Trinajstić information content (AvgIpc) is 1.96. The van der Waals surface area contributed by atoms with Crippen molar-refractivity contribution in [1.29, 1.82) is 0 Å². The maximum atomic E-state index is 11.4. The van der Waals surface area contributed by atoms with E-state index < -0.39 is 6.04 Å². The largest absolute Gasteiger partial charge is 0.371 e. The Morgan fingerprint density at radius 1 is 1.38 bits per heavy atom. The summed E-state index contributed by atoms with van der Waals surface area (Å²) in [7, 11) is 0. The van der Waals surface area contributed by atoms with E-state index in [0.29, 0.717) is 0 Å². The van der Waals surface area contributed by atoms with Crippen LogP contribution in [0.15, 0.2) is 0 Å². The zero-order chi connectivity index (χ0) is 10.6. The number of carbonyl (C=O) groups excluding carboxylic acids is 1. The van der Waals surface area contributed by atoms with E-state index in [0.717, 1.165) is 0 Å². The minimum absolute atomic E-state index is 0.0267. The van der Waals surface area contributed by atoms with E-state index in [4.69, 9.17) is 10.5 Å². The van der Waals surface area contributed by atoms with Crippen molar-refractivity contribution >= 4 is 5.78 Å². The van der Waals surface area contributed by atoms with Gasteiger partial charge in [-0.05, 0) is 19.3 Å². The summed E-state index contributed by atoms with van der Waals surface area (Å²) < 4.78 is 5.19. The lowest BCUT2D eigenvalue weighted by molar-refractivity contribution is -0.128. The summed E-state index contributed by atoms with van der Waals surface area (Å²) in [6.07, 6.45) is 0.0797. The zero-order valence-corrected chi connectivity index (χ0v) is 9.26. The fourth-order valence-corrected chi connectivity index (χ4v) is 0.822. The van der Waals surface area contributed by atoms with Crippen LogP contribution in [0.4, 0.5) is 0 Å². The molecular formula is C10H21NO2. The van der Waals surface area contributed by atoms with E-state index >= 15 is 0 Å². The van der Waals surface area contributed by atoms with E-state index in [2.05, 4.69) is 0 Å². The first-order valence-electron chi connectivity index (χ1n) is 4.65. The zero-order valence-electron chi connectivity index (χ0n) is 9.26. The molecule has 0 saturated heterocycles. The fourth-order valence-electron chi connectivity index (χ4n) is 0.822. The van der Waals surface area contributed by atoms with E-state index in [-0.39, 0.29) is 23.9 Å². The molecule has 1 unspecified atom stereocenters. The first-order valence-corrected chi connectivity index (χ1v) is 4.65. The molecule has 0 aliphatic carbocycles. The van der Waals surface area contributed by atoms with Gasteiger partial charge in [0, 0.05) is 0 Å². The van der Waals surface area contributed by atoms with Crippen LogP contribution in [0, 0.1) is 5.41 Å². The number of hydrogen-bond donors (Lipinski definition) is 1. The van der Waals surface area contributed by atoms with E-state index in [1.807, 2.05) is 34.6 Å². The van der Waals surface area contributed by atoms with E-state index in [9.17, 15) is 4.79 Å². The molecule has 1 atom stereocenters. The molecule has 0 rings (SSSR count). The molecule has 0 fully saturated rings. The van der Waals surface area contributed by atoms with Crippen molar-refractivity contribution in [3.8, 4) is 0 Å². The molecule has 0 bridgehead atoms. The fraction of sp³-hybridized carbons (Fsp3) is 0.900. The number of rotatable bonds is 4. The molecule has 3 nitrogen and oxygen atoms in total. The summed E-state index contributed by atoms with van der Waals surface area (Å²) in [5, 5.41) is 0. The van der Waals surface area contributed by atoms with Crippen molar-refractivity contribution in [2.24, 2.45) is 11.1 Å². The molecule has 0 aliphatic rings. The van der Waals surface area contributed by atoms with Gasteiger partial charge >= 0.3 is 0 Å². The summed E-state index contributed by atoms with van der Waals surface area (Å²) in [5.74, 6) is -0.0267. The second kappa shape index (κ2) is 4.72. The molecule has 0 aromatic rings. The van der Waals surface area contributed by atoms with Gasteiger partial charge in [0.05, 0.1) is 12.1 Å². The van der Waals surface area contributed by atoms with Crippen LogP contribution in [0.1, 0.15) is 34.6 Å². The molecule has 0 aromatic carbocycles. The van der Waals surface area contributed by atoms with E-state index in [1.54, 1.807) is 0 Å². The molecule has 2 N–H and O–H groups in total. The highest BCUT2D eigenvalue weighted by atomic mass is 16.5. The second-order valence-electron chi connectivity index (χ2n) is 4.67. The molecule has 78 valence electrons. The third-order valence-corrected chi connectivity index (χ3v) is 1.84. The Labute approximate surface area is 80.6 Å². The Kier molecular flexibility index (Phi) is 4.57. The lowest BCUT2D eigenvalue weighted by atomic mass is 9.85. The van der Waals surface area contributed by atoms with Gasteiger partial charge in [0.2, 0.25) is 0 Å². The quantitative estimate of drug-likeness (QED) is 0.723. The summed E-state index contributed by atoms with van der Waals surface area (Å²) in [5.41, 5.74) is 5.57. The highest BCUT2D eigenvalue weighted by Crippen LogP contribution is 2.17. The Hall–Kier alpha value is -0.410. The molecule has 0 saturated carbocycles. The maximum absolute atomic E-state index is 11.4. The van der Waals surface area contributed by atoms with Crippen LogP contribution in [-0.4, -0.2) is 24.5 Å². The molecule has 13 heavy (non-hydrogen) atoms. The number of hydrogen-bond acceptors (Lipinski definition) is 3. The molecule has 0 heterocycles. The summed E-state index contributed by atoms with van der Waals surface area (Å²) in [6.45, 7) is 9.77. The van der Waals surface area contributed by atoms with Gasteiger partial charge in [-0.3, -0.25) is 4.79 Å². The first-order chi connectivity index (χ1) is 5.75. The Bertz CT molecular complexity index is 170. The SMILES string of the molecule is CC(C)OCC(=O)C(N)C(C)(C)C. The van der Waals surface area contributed by atoms with Crippen LogP contribution in [0.3, 0.4) is 0 Å². The summed E-state index contributed by atoms with van der Waals surface area (Å²) in [6, 6.07) is -0.439. The number of Topliss-reactive ketones (excluding diaryl/α,β-unsaturated/α-hetero) is 1.